The minimum absolute atomic E-state index is 0.264. The van der Waals surface area contributed by atoms with Crippen LogP contribution in [0.4, 0.5) is 0 Å². The molecule has 1 aromatic rings. The number of hydrogen-bond acceptors (Lipinski definition) is 4. The Labute approximate surface area is 152 Å². The summed E-state index contributed by atoms with van der Waals surface area (Å²) in [5.74, 6) is 2.66. The molecule has 2 rings (SSSR count). The zero-order valence-corrected chi connectivity index (χ0v) is 17.0. The smallest absolute Gasteiger partial charge is 0.231 e. The Morgan fingerprint density at radius 1 is 1.04 bits per heavy atom. The fourth-order valence-electron chi connectivity index (χ4n) is 3.34. The Hall–Kier alpha value is -1.23. The van der Waals surface area contributed by atoms with Crippen LogP contribution in [0.1, 0.15) is 63.1 Å². The standard InChI is InChI=1S/C20H32O4S/c1-14(2)25(21,22)11-7-9-15(3)8-6-10-18-12-16(4)19-20(17(18)5)24-13-23-19/h12,14-15H,6-11,13H2,1-5H3. The van der Waals surface area contributed by atoms with Gasteiger partial charge in [-0.1, -0.05) is 19.4 Å². The summed E-state index contributed by atoms with van der Waals surface area (Å²) in [6.45, 7) is 10.2. The van der Waals surface area contributed by atoms with E-state index in [-0.39, 0.29) is 5.25 Å². The van der Waals surface area contributed by atoms with Gasteiger partial charge in [-0.25, -0.2) is 8.42 Å². The molecule has 0 saturated heterocycles. The second kappa shape index (κ2) is 8.43. The van der Waals surface area contributed by atoms with Crippen molar-refractivity contribution in [2.24, 2.45) is 5.92 Å². The Morgan fingerprint density at radius 2 is 1.68 bits per heavy atom. The SMILES string of the molecule is Cc1cc(CCCC(C)CCCS(=O)(=O)C(C)C)c(C)c2c1OCO2. The van der Waals surface area contributed by atoms with E-state index in [1.807, 2.05) is 0 Å². The zero-order chi connectivity index (χ0) is 18.6. The number of hydrogen-bond donors (Lipinski definition) is 0. The lowest BCUT2D eigenvalue weighted by Gasteiger charge is -2.14. The first kappa shape index (κ1) is 20.1. The van der Waals surface area contributed by atoms with Gasteiger partial charge in [-0.15, -0.1) is 0 Å². The molecule has 0 radical (unpaired) electrons. The highest BCUT2D eigenvalue weighted by molar-refractivity contribution is 7.91. The van der Waals surface area contributed by atoms with Crippen molar-refractivity contribution in [3.63, 3.8) is 0 Å². The first-order chi connectivity index (χ1) is 11.7. The van der Waals surface area contributed by atoms with E-state index in [4.69, 9.17) is 9.47 Å². The monoisotopic (exact) mass is 368 g/mol. The first-order valence-corrected chi connectivity index (χ1v) is 11.0. The molecule has 1 heterocycles. The third kappa shape index (κ3) is 5.13. The lowest BCUT2D eigenvalue weighted by molar-refractivity contribution is 0.173. The summed E-state index contributed by atoms with van der Waals surface area (Å²) in [7, 11) is -2.90. The van der Waals surface area contributed by atoms with Gasteiger partial charge in [-0.2, -0.15) is 0 Å². The highest BCUT2D eigenvalue weighted by Gasteiger charge is 2.21. The van der Waals surface area contributed by atoms with Crippen molar-refractivity contribution >= 4 is 9.84 Å². The highest BCUT2D eigenvalue weighted by Crippen LogP contribution is 2.40. The average Bonchev–Trinajstić information content (AvgIpc) is 3.02. The molecule has 1 aliphatic rings. The molecule has 142 valence electrons. The molecule has 4 nitrogen and oxygen atoms in total. The second-order valence-corrected chi connectivity index (χ2v) is 10.3. The average molecular weight is 369 g/mol. The predicted octanol–water partition coefficient (Wildman–Crippen LogP) is 4.59. The molecule has 0 N–H and O–H groups in total. The fourth-order valence-corrected chi connectivity index (χ4v) is 4.38. The molecule has 5 heteroatoms. The Bertz CT molecular complexity index is 692. The zero-order valence-electron chi connectivity index (χ0n) is 16.2. The molecule has 0 aliphatic carbocycles. The quantitative estimate of drug-likeness (QED) is 0.639. The summed E-state index contributed by atoms with van der Waals surface area (Å²) in [6, 6.07) is 2.21. The number of ether oxygens (including phenoxy) is 2. The molecular formula is C20H32O4S. The van der Waals surface area contributed by atoms with Gasteiger partial charge in [0.2, 0.25) is 6.79 Å². The van der Waals surface area contributed by atoms with Gasteiger partial charge in [0.15, 0.2) is 21.3 Å². The molecule has 1 aromatic carbocycles. The van der Waals surface area contributed by atoms with E-state index in [1.165, 1.54) is 11.1 Å². The van der Waals surface area contributed by atoms with E-state index in [1.54, 1.807) is 13.8 Å². The minimum atomic E-state index is -2.90. The van der Waals surface area contributed by atoms with Crippen LogP contribution in [0, 0.1) is 19.8 Å². The Kier molecular flexibility index (Phi) is 6.78. The van der Waals surface area contributed by atoms with Gasteiger partial charge in [0, 0.05) is 0 Å². The van der Waals surface area contributed by atoms with Gasteiger partial charge in [-0.3, -0.25) is 0 Å². The maximum atomic E-state index is 11.9. The molecular weight excluding hydrogens is 336 g/mol. The summed E-state index contributed by atoms with van der Waals surface area (Å²) in [4.78, 5) is 0. The van der Waals surface area contributed by atoms with Crippen molar-refractivity contribution < 1.29 is 17.9 Å². The van der Waals surface area contributed by atoms with Crippen molar-refractivity contribution in [1.29, 1.82) is 0 Å². The van der Waals surface area contributed by atoms with Crippen LogP contribution in [0.5, 0.6) is 11.5 Å². The van der Waals surface area contributed by atoms with E-state index < -0.39 is 9.84 Å². The molecule has 1 unspecified atom stereocenters. The van der Waals surface area contributed by atoms with E-state index in [0.29, 0.717) is 18.5 Å². The third-order valence-corrected chi connectivity index (χ3v) is 7.47. The van der Waals surface area contributed by atoms with E-state index in [0.717, 1.165) is 49.2 Å². The lowest BCUT2D eigenvalue weighted by Crippen LogP contribution is -2.18. The van der Waals surface area contributed by atoms with Gasteiger partial charge in [0.1, 0.15) is 0 Å². The summed E-state index contributed by atoms with van der Waals surface area (Å²) >= 11 is 0. The fraction of sp³-hybridized carbons (Fsp3) is 0.700. The van der Waals surface area contributed by atoms with E-state index in [2.05, 4.69) is 26.8 Å². The van der Waals surface area contributed by atoms with Crippen LogP contribution in [0.3, 0.4) is 0 Å². The van der Waals surface area contributed by atoms with Crippen LogP contribution in [0.15, 0.2) is 6.07 Å². The maximum Gasteiger partial charge on any atom is 0.231 e. The van der Waals surface area contributed by atoms with Crippen molar-refractivity contribution in [2.75, 3.05) is 12.5 Å². The summed E-state index contributed by atoms with van der Waals surface area (Å²) < 4.78 is 34.8. The van der Waals surface area contributed by atoms with E-state index >= 15 is 0 Å². The second-order valence-electron chi connectivity index (χ2n) is 7.60. The number of benzene rings is 1. The predicted molar refractivity (Wildman–Crippen MR) is 102 cm³/mol. The van der Waals surface area contributed by atoms with E-state index in [9.17, 15) is 8.42 Å². The molecule has 1 atom stereocenters. The molecule has 0 saturated carbocycles. The van der Waals surface area contributed by atoms with Crippen molar-refractivity contribution in [1.82, 2.24) is 0 Å². The summed E-state index contributed by atoms with van der Waals surface area (Å²) in [5.41, 5.74) is 3.66. The van der Waals surface area contributed by atoms with Gasteiger partial charge in [0.05, 0.1) is 11.0 Å². The summed E-state index contributed by atoms with van der Waals surface area (Å²) in [6.07, 6.45) is 5.00. The van der Waals surface area contributed by atoms with Crippen molar-refractivity contribution in [3.8, 4) is 11.5 Å². The minimum Gasteiger partial charge on any atom is -0.453 e. The van der Waals surface area contributed by atoms with Crippen molar-refractivity contribution in [2.45, 2.75) is 72.0 Å². The Morgan fingerprint density at radius 3 is 2.36 bits per heavy atom. The van der Waals surface area contributed by atoms with Crippen LogP contribution in [-0.2, 0) is 16.3 Å². The normalized spacial score (nSPS) is 15.0. The van der Waals surface area contributed by atoms with Crippen LogP contribution in [-0.4, -0.2) is 26.2 Å². The van der Waals surface area contributed by atoms with Gasteiger partial charge in [-0.05, 0) is 76.0 Å². The van der Waals surface area contributed by atoms with Gasteiger partial charge in [0.25, 0.3) is 0 Å². The van der Waals surface area contributed by atoms with Crippen LogP contribution < -0.4 is 9.47 Å². The third-order valence-electron chi connectivity index (χ3n) is 5.17. The molecule has 0 fully saturated rings. The first-order valence-electron chi connectivity index (χ1n) is 9.32. The molecule has 0 aromatic heterocycles. The van der Waals surface area contributed by atoms with Crippen LogP contribution >= 0.6 is 0 Å². The Balaban J connectivity index is 1.78. The van der Waals surface area contributed by atoms with Gasteiger partial charge < -0.3 is 9.47 Å². The number of rotatable bonds is 9. The molecule has 1 aliphatic heterocycles. The molecule has 0 spiro atoms. The number of sulfone groups is 1. The maximum absolute atomic E-state index is 11.9. The molecule has 0 bridgehead atoms. The number of aryl methyl sites for hydroxylation is 2. The van der Waals surface area contributed by atoms with Crippen LogP contribution in [0.2, 0.25) is 0 Å². The number of fused-ring (bicyclic) bond motifs is 1. The largest absolute Gasteiger partial charge is 0.453 e. The molecule has 0 amide bonds. The van der Waals surface area contributed by atoms with Gasteiger partial charge >= 0.3 is 0 Å². The topological polar surface area (TPSA) is 52.6 Å². The molecule has 25 heavy (non-hydrogen) atoms. The van der Waals surface area contributed by atoms with Crippen molar-refractivity contribution in [3.05, 3.63) is 22.8 Å². The van der Waals surface area contributed by atoms with Crippen LogP contribution in [0.25, 0.3) is 0 Å². The highest BCUT2D eigenvalue weighted by atomic mass is 32.2. The summed E-state index contributed by atoms with van der Waals surface area (Å²) in [5, 5.41) is -0.264. The lowest BCUT2D eigenvalue weighted by atomic mass is 9.94.